The Morgan fingerprint density at radius 1 is 1.10 bits per heavy atom. The molecule has 2 amide bonds. The van der Waals surface area contributed by atoms with E-state index in [1.165, 1.54) is 17.7 Å². The average Bonchev–Trinajstić information content (AvgIpc) is 3.12. The molecule has 0 bridgehead atoms. The number of benzene rings is 1. The first kappa shape index (κ1) is 24.9. The summed E-state index contributed by atoms with van der Waals surface area (Å²) in [7, 11) is 1.67. The number of rotatable bonds is 10. The molecule has 6 nitrogen and oxygen atoms in total. The number of likely N-dealkylation sites (N-methyl/N-ethyl adjacent to an activating group) is 1. The van der Waals surface area contributed by atoms with Crippen LogP contribution in [-0.2, 0) is 15.0 Å². The van der Waals surface area contributed by atoms with Crippen LogP contribution in [-0.4, -0.2) is 40.1 Å². The van der Waals surface area contributed by atoms with Crippen molar-refractivity contribution in [3.05, 3.63) is 41.0 Å². The average molecular weight is 447 g/mol. The van der Waals surface area contributed by atoms with Gasteiger partial charge in [0.25, 0.3) is 0 Å². The predicted octanol–water partition coefficient (Wildman–Crippen LogP) is 5.58. The highest BCUT2D eigenvalue weighted by molar-refractivity contribution is 6.30. The maximum Gasteiger partial charge on any atom is 0.245 e. The Kier molecular flexibility index (Phi) is 9.11. The van der Waals surface area contributed by atoms with E-state index >= 15 is 0 Å². The lowest BCUT2D eigenvalue weighted by atomic mass is 9.92. The Morgan fingerprint density at radius 3 is 2.35 bits per heavy atom. The lowest BCUT2D eigenvalue weighted by Crippen LogP contribution is -2.35. The molecular weight excluding hydrogens is 412 g/mol. The first-order valence-corrected chi connectivity index (χ1v) is 11.4. The van der Waals surface area contributed by atoms with Gasteiger partial charge in [0, 0.05) is 30.0 Å². The molecule has 0 aliphatic rings. The molecule has 1 heterocycles. The van der Waals surface area contributed by atoms with E-state index in [-0.39, 0.29) is 23.8 Å². The quantitative estimate of drug-likeness (QED) is 0.484. The number of halogens is 1. The van der Waals surface area contributed by atoms with Gasteiger partial charge in [0.05, 0.1) is 17.9 Å². The minimum atomic E-state index is -0.252. The van der Waals surface area contributed by atoms with E-state index in [2.05, 4.69) is 33.0 Å². The van der Waals surface area contributed by atoms with Crippen LogP contribution in [0.3, 0.4) is 0 Å². The number of carbonyl (C=O) groups is 2. The molecule has 1 aromatic carbocycles. The van der Waals surface area contributed by atoms with Crippen molar-refractivity contribution in [1.82, 2.24) is 14.7 Å². The van der Waals surface area contributed by atoms with Gasteiger partial charge in [0.1, 0.15) is 5.82 Å². The fourth-order valence-corrected chi connectivity index (χ4v) is 3.30. The molecule has 0 aliphatic heterocycles. The molecule has 1 aromatic heterocycles. The number of amides is 2. The Balaban J connectivity index is 2.05. The van der Waals surface area contributed by atoms with Gasteiger partial charge >= 0.3 is 0 Å². The van der Waals surface area contributed by atoms with Crippen LogP contribution in [0.15, 0.2) is 30.3 Å². The van der Waals surface area contributed by atoms with Gasteiger partial charge in [-0.2, -0.15) is 5.10 Å². The summed E-state index contributed by atoms with van der Waals surface area (Å²) >= 11 is 6.01. The van der Waals surface area contributed by atoms with Gasteiger partial charge in [-0.15, -0.1) is 0 Å². The van der Waals surface area contributed by atoms with Crippen molar-refractivity contribution in [2.75, 3.05) is 18.9 Å². The smallest absolute Gasteiger partial charge is 0.245 e. The molecule has 0 aliphatic carbocycles. The summed E-state index contributed by atoms with van der Waals surface area (Å²) in [5.41, 5.74) is 1.47. The maximum atomic E-state index is 12.7. The molecule has 0 saturated carbocycles. The molecule has 2 aromatic rings. The van der Waals surface area contributed by atoms with E-state index < -0.39 is 0 Å². The van der Waals surface area contributed by atoms with E-state index in [4.69, 9.17) is 16.7 Å². The normalized spacial score (nSPS) is 11.4. The van der Waals surface area contributed by atoms with Crippen molar-refractivity contribution < 1.29 is 9.59 Å². The van der Waals surface area contributed by atoms with Crippen molar-refractivity contribution in [1.29, 1.82) is 0 Å². The Hall–Kier alpha value is -2.34. The first-order valence-electron chi connectivity index (χ1n) is 11.0. The van der Waals surface area contributed by atoms with Crippen molar-refractivity contribution in [2.45, 2.75) is 71.6 Å². The highest BCUT2D eigenvalue weighted by Gasteiger charge is 2.22. The van der Waals surface area contributed by atoms with E-state index in [1.54, 1.807) is 23.9 Å². The van der Waals surface area contributed by atoms with Crippen molar-refractivity contribution in [3.63, 3.8) is 0 Å². The van der Waals surface area contributed by atoms with E-state index in [9.17, 15) is 9.59 Å². The van der Waals surface area contributed by atoms with Crippen LogP contribution in [0, 0.1) is 0 Å². The van der Waals surface area contributed by atoms with Gasteiger partial charge in [-0.05, 0) is 30.7 Å². The molecule has 0 fully saturated rings. The zero-order valence-corrected chi connectivity index (χ0v) is 20.1. The number of hydrogen-bond acceptors (Lipinski definition) is 3. The largest absolute Gasteiger partial charge is 0.336 e. The molecular formula is C24H35ClN4O2. The Morgan fingerprint density at radius 2 is 1.74 bits per heavy atom. The van der Waals surface area contributed by atoms with Crippen LogP contribution in [0.1, 0.15) is 71.9 Å². The fourth-order valence-electron chi connectivity index (χ4n) is 3.17. The number of anilines is 1. The van der Waals surface area contributed by atoms with Crippen molar-refractivity contribution in [2.24, 2.45) is 0 Å². The fraction of sp³-hybridized carbons (Fsp3) is 0.542. The SMILES string of the molecule is CCCCCCCC(=O)N(C)CC(=O)Nc1cc(C(C)(C)C)nn1-c1ccc(Cl)cc1. The molecule has 0 atom stereocenters. The monoisotopic (exact) mass is 446 g/mol. The summed E-state index contributed by atoms with van der Waals surface area (Å²) in [6.07, 6.45) is 5.92. The minimum absolute atomic E-state index is 0.00441. The zero-order chi connectivity index (χ0) is 23.0. The second-order valence-corrected chi connectivity index (χ2v) is 9.45. The molecule has 2 rings (SSSR count). The zero-order valence-electron chi connectivity index (χ0n) is 19.4. The van der Waals surface area contributed by atoms with Crippen molar-refractivity contribution >= 4 is 29.2 Å². The molecule has 0 unspecified atom stereocenters. The number of nitrogens with one attached hydrogen (secondary N) is 1. The van der Waals surface area contributed by atoms with Crippen molar-refractivity contribution in [3.8, 4) is 5.69 Å². The second kappa shape index (κ2) is 11.3. The highest BCUT2D eigenvalue weighted by Crippen LogP contribution is 2.26. The number of nitrogens with zero attached hydrogens (tertiary/aromatic N) is 3. The molecule has 0 saturated heterocycles. The third-order valence-electron chi connectivity index (χ3n) is 5.12. The minimum Gasteiger partial charge on any atom is -0.336 e. The Labute approximate surface area is 191 Å². The number of carbonyl (C=O) groups excluding carboxylic acids is 2. The Bertz CT molecular complexity index is 869. The summed E-state index contributed by atoms with van der Waals surface area (Å²) in [5, 5.41) is 8.24. The topological polar surface area (TPSA) is 67.2 Å². The lowest BCUT2D eigenvalue weighted by molar-refractivity contribution is -0.133. The first-order chi connectivity index (χ1) is 14.6. The van der Waals surface area contributed by atoms with Gasteiger partial charge in [-0.25, -0.2) is 4.68 Å². The summed E-state index contributed by atoms with van der Waals surface area (Å²) in [6.45, 7) is 8.38. The van der Waals surface area contributed by atoms with Gasteiger partial charge in [0.2, 0.25) is 11.8 Å². The molecule has 170 valence electrons. The molecule has 0 spiro atoms. The predicted molar refractivity (Wildman–Crippen MR) is 127 cm³/mol. The van der Waals surface area contributed by atoms with Crippen LogP contribution < -0.4 is 5.32 Å². The maximum absolute atomic E-state index is 12.7. The number of hydrogen-bond donors (Lipinski definition) is 1. The standard InChI is InChI=1S/C24H35ClN4O2/c1-6-7-8-9-10-11-23(31)28(5)17-22(30)26-21-16-20(24(2,3)4)27-29(21)19-14-12-18(25)13-15-19/h12-16H,6-11,17H2,1-5H3,(H,26,30). The molecule has 31 heavy (non-hydrogen) atoms. The lowest BCUT2D eigenvalue weighted by Gasteiger charge is -2.17. The van der Waals surface area contributed by atoms with E-state index in [1.807, 2.05) is 18.2 Å². The summed E-state index contributed by atoms with van der Waals surface area (Å²) in [4.78, 5) is 26.5. The van der Waals surface area contributed by atoms with Gasteiger partial charge in [-0.1, -0.05) is 65.0 Å². The van der Waals surface area contributed by atoms with Gasteiger partial charge in [0.15, 0.2) is 0 Å². The highest BCUT2D eigenvalue weighted by atomic mass is 35.5. The van der Waals surface area contributed by atoms with Crippen LogP contribution in [0.2, 0.25) is 5.02 Å². The molecule has 1 N–H and O–H groups in total. The van der Waals surface area contributed by atoms with E-state index in [0.29, 0.717) is 17.3 Å². The number of unbranched alkanes of at least 4 members (excludes halogenated alkanes) is 4. The van der Waals surface area contributed by atoms with Crippen LogP contribution in [0.5, 0.6) is 0 Å². The van der Waals surface area contributed by atoms with Gasteiger partial charge < -0.3 is 10.2 Å². The molecule has 0 radical (unpaired) electrons. The summed E-state index contributed by atoms with van der Waals surface area (Å²) in [5.74, 6) is 0.309. The second-order valence-electron chi connectivity index (χ2n) is 9.02. The van der Waals surface area contributed by atoms with Gasteiger partial charge in [-0.3, -0.25) is 9.59 Å². The van der Waals surface area contributed by atoms with E-state index in [0.717, 1.165) is 30.6 Å². The third-order valence-corrected chi connectivity index (χ3v) is 5.37. The van der Waals surface area contributed by atoms with Crippen LogP contribution in [0.4, 0.5) is 5.82 Å². The van der Waals surface area contributed by atoms with Crippen LogP contribution in [0.25, 0.3) is 5.69 Å². The van der Waals surface area contributed by atoms with Crippen LogP contribution >= 0.6 is 11.6 Å². The number of aromatic nitrogens is 2. The third kappa shape index (κ3) is 7.69. The molecule has 7 heteroatoms. The summed E-state index contributed by atoms with van der Waals surface area (Å²) < 4.78 is 1.70. The summed E-state index contributed by atoms with van der Waals surface area (Å²) in [6, 6.07) is 9.15.